The van der Waals surface area contributed by atoms with Crippen molar-refractivity contribution in [3.63, 3.8) is 0 Å². The van der Waals surface area contributed by atoms with E-state index >= 15 is 0 Å². The van der Waals surface area contributed by atoms with Crippen LogP contribution in [0.15, 0.2) is 24.3 Å². The zero-order chi connectivity index (χ0) is 24.2. The molecule has 5 rings (SSSR count). The predicted octanol–water partition coefficient (Wildman–Crippen LogP) is 2.36. The molecule has 3 aliphatic rings. The Hall–Kier alpha value is -3.11. The molecule has 2 saturated carbocycles. The van der Waals surface area contributed by atoms with Gasteiger partial charge in [-0.05, 0) is 44.1 Å². The van der Waals surface area contributed by atoms with Crippen molar-refractivity contribution >= 4 is 28.6 Å². The smallest absolute Gasteiger partial charge is 0.364 e. The number of amides is 3. The fourth-order valence-corrected chi connectivity index (χ4v) is 5.60. The average Bonchev–Trinajstić information content (AvgIpc) is 3.29. The first-order chi connectivity index (χ1) is 16.1. The molecule has 34 heavy (non-hydrogen) atoms. The highest BCUT2D eigenvalue weighted by Crippen LogP contribution is 2.48. The van der Waals surface area contributed by atoms with Crippen LogP contribution in [0.1, 0.15) is 49.0 Å². The van der Waals surface area contributed by atoms with Crippen molar-refractivity contribution in [2.45, 2.75) is 69.4 Å². The Bertz CT molecular complexity index is 1150. The van der Waals surface area contributed by atoms with E-state index in [1.54, 1.807) is 29.2 Å². The predicted molar refractivity (Wildman–Crippen MR) is 115 cm³/mol. The summed E-state index contributed by atoms with van der Waals surface area (Å²) < 4.78 is 40.8. The first-order valence-corrected chi connectivity index (χ1v) is 11.6. The van der Waals surface area contributed by atoms with Gasteiger partial charge in [0.2, 0.25) is 11.8 Å². The molecule has 11 heteroatoms. The SMILES string of the molecule is NC(=O)c1nn(CC(=O)N2[C@@H]3C[C@@H]3C[C@H]2C(=O)N[C@@H]2CCC[C@H](C(F)(F)F)C2)c2ccccc12. The van der Waals surface area contributed by atoms with Crippen LogP contribution < -0.4 is 11.1 Å². The summed E-state index contributed by atoms with van der Waals surface area (Å²) >= 11 is 0. The summed E-state index contributed by atoms with van der Waals surface area (Å²) in [5.74, 6) is -2.59. The molecule has 0 spiro atoms. The second-order valence-corrected chi connectivity index (χ2v) is 9.61. The number of nitrogens with zero attached hydrogens (tertiary/aromatic N) is 3. The molecule has 0 bridgehead atoms. The average molecular weight is 477 g/mol. The molecule has 2 aliphatic carbocycles. The third kappa shape index (κ3) is 4.12. The van der Waals surface area contributed by atoms with Gasteiger partial charge in [0.25, 0.3) is 5.91 Å². The number of hydrogen-bond acceptors (Lipinski definition) is 4. The van der Waals surface area contributed by atoms with Gasteiger partial charge in [-0.2, -0.15) is 18.3 Å². The van der Waals surface area contributed by atoms with Crippen molar-refractivity contribution in [2.24, 2.45) is 17.6 Å². The summed E-state index contributed by atoms with van der Waals surface area (Å²) in [6.45, 7) is -0.166. The topological polar surface area (TPSA) is 110 Å². The summed E-state index contributed by atoms with van der Waals surface area (Å²) in [5.41, 5.74) is 6.08. The zero-order valence-electron chi connectivity index (χ0n) is 18.4. The molecule has 3 amide bonds. The molecular weight excluding hydrogens is 451 g/mol. The molecule has 2 heterocycles. The number of likely N-dealkylation sites (tertiary alicyclic amines) is 1. The molecule has 182 valence electrons. The molecular formula is C23H26F3N5O3. The highest BCUT2D eigenvalue weighted by Gasteiger charge is 2.56. The molecule has 3 fully saturated rings. The molecule has 5 atom stereocenters. The second-order valence-electron chi connectivity index (χ2n) is 9.61. The Labute approximate surface area is 193 Å². The first kappa shape index (κ1) is 22.7. The van der Waals surface area contributed by atoms with Crippen LogP contribution in [0.2, 0.25) is 0 Å². The number of aromatic nitrogens is 2. The van der Waals surface area contributed by atoms with E-state index in [9.17, 15) is 27.6 Å². The Morgan fingerprint density at radius 3 is 2.62 bits per heavy atom. The van der Waals surface area contributed by atoms with E-state index in [1.165, 1.54) is 4.68 Å². The molecule has 0 radical (unpaired) electrons. The van der Waals surface area contributed by atoms with Crippen LogP contribution in [-0.2, 0) is 16.1 Å². The Morgan fingerprint density at radius 1 is 1.12 bits per heavy atom. The lowest BCUT2D eigenvalue weighted by molar-refractivity contribution is -0.184. The van der Waals surface area contributed by atoms with Crippen LogP contribution in [-0.4, -0.2) is 56.7 Å². The van der Waals surface area contributed by atoms with Gasteiger partial charge in [0.05, 0.1) is 11.4 Å². The number of benzene rings is 1. The van der Waals surface area contributed by atoms with Crippen molar-refractivity contribution in [1.82, 2.24) is 20.0 Å². The summed E-state index contributed by atoms with van der Waals surface area (Å²) in [6.07, 6.45) is -2.09. The van der Waals surface area contributed by atoms with Crippen LogP contribution >= 0.6 is 0 Å². The highest BCUT2D eigenvalue weighted by molar-refractivity contribution is 6.04. The van der Waals surface area contributed by atoms with Crippen LogP contribution in [0.3, 0.4) is 0 Å². The number of halogens is 3. The maximum absolute atomic E-state index is 13.3. The Kier molecular flexibility index (Phi) is 5.52. The van der Waals surface area contributed by atoms with E-state index in [-0.39, 0.29) is 42.9 Å². The normalized spacial score (nSPS) is 28.6. The minimum atomic E-state index is -4.27. The monoisotopic (exact) mass is 477 g/mol. The second kappa shape index (κ2) is 8.28. The van der Waals surface area contributed by atoms with Crippen LogP contribution in [0.4, 0.5) is 13.2 Å². The van der Waals surface area contributed by atoms with Gasteiger partial charge in [0, 0.05) is 17.5 Å². The number of primary amides is 1. The lowest BCUT2D eigenvalue weighted by atomic mass is 9.85. The van der Waals surface area contributed by atoms with E-state index in [0.717, 1.165) is 6.42 Å². The third-order valence-electron chi connectivity index (χ3n) is 7.35. The number of alkyl halides is 3. The van der Waals surface area contributed by atoms with Crippen molar-refractivity contribution in [3.8, 4) is 0 Å². The van der Waals surface area contributed by atoms with Crippen molar-refractivity contribution in [2.75, 3.05) is 0 Å². The standard InChI is InChI=1S/C23H26F3N5O3/c24-23(25,26)13-4-3-5-14(10-13)28-22(34)18-9-12-8-17(12)31(18)19(32)11-30-16-7-2-1-6-15(16)20(29-30)21(27)33/h1-2,6-7,12-14,17-18H,3-5,8-11H2,(H2,27,33)(H,28,34)/t12-,13+,14-,17-,18+/m1/s1. The van der Waals surface area contributed by atoms with E-state index < -0.39 is 36.0 Å². The van der Waals surface area contributed by atoms with Gasteiger partial charge < -0.3 is 16.0 Å². The molecule has 1 aromatic carbocycles. The van der Waals surface area contributed by atoms with E-state index in [4.69, 9.17) is 5.73 Å². The van der Waals surface area contributed by atoms with E-state index in [2.05, 4.69) is 10.4 Å². The number of fused-ring (bicyclic) bond motifs is 2. The molecule has 1 aromatic heterocycles. The van der Waals surface area contributed by atoms with Crippen molar-refractivity contribution in [3.05, 3.63) is 30.0 Å². The minimum Gasteiger partial charge on any atom is -0.364 e. The fraction of sp³-hybridized carbons (Fsp3) is 0.565. The van der Waals surface area contributed by atoms with E-state index in [0.29, 0.717) is 30.2 Å². The van der Waals surface area contributed by atoms with Crippen LogP contribution in [0.25, 0.3) is 10.9 Å². The Balaban J connectivity index is 1.30. The number of para-hydroxylation sites is 1. The molecule has 2 aromatic rings. The summed E-state index contributed by atoms with van der Waals surface area (Å²) in [6, 6.07) is 5.63. The quantitative estimate of drug-likeness (QED) is 0.689. The number of rotatable bonds is 5. The molecule has 1 aliphatic heterocycles. The van der Waals surface area contributed by atoms with Gasteiger partial charge in [0.1, 0.15) is 12.6 Å². The fourth-order valence-electron chi connectivity index (χ4n) is 5.60. The van der Waals surface area contributed by atoms with Crippen LogP contribution in [0.5, 0.6) is 0 Å². The van der Waals surface area contributed by atoms with Gasteiger partial charge >= 0.3 is 6.18 Å². The lowest BCUT2D eigenvalue weighted by Crippen LogP contribution is -2.52. The zero-order valence-corrected chi connectivity index (χ0v) is 18.4. The third-order valence-corrected chi connectivity index (χ3v) is 7.35. The molecule has 1 saturated heterocycles. The maximum atomic E-state index is 13.3. The van der Waals surface area contributed by atoms with Gasteiger partial charge in [-0.3, -0.25) is 19.1 Å². The number of carbonyl (C=O) groups excluding carboxylic acids is 3. The summed E-state index contributed by atoms with van der Waals surface area (Å²) in [4.78, 5) is 39.7. The minimum absolute atomic E-state index is 0.0463. The van der Waals surface area contributed by atoms with Crippen molar-refractivity contribution < 1.29 is 27.6 Å². The molecule has 8 nitrogen and oxygen atoms in total. The number of carbonyl (C=O) groups is 3. The number of piperidine rings is 1. The number of hydrogen-bond donors (Lipinski definition) is 2. The lowest BCUT2D eigenvalue weighted by Gasteiger charge is -2.33. The highest BCUT2D eigenvalue weighted by atomic mass is 19.4. The van der Waals surface area contributed by atoms with E-state index in [1.807, 2.05) is 0 Å². The molecule has 3 N–H and O–H groups in total. The largest absolute Gasteiger partial charge is 0.391 e. The summed E-state index contributed by atoms with van der Waals surface area (Å²) in [7, 11) is 0. The maximum Gasteiger partial charge on any atom is 0.391 e. The van der Waals surface area contributed by atoms with Crippen LogP contribution in [0, 0.1) is 11.8 Å². The first-order valence-electron chi connectivity index (χ1n) is 11.6. The number of nitrogens with one attached hydrogen (secondary N) is 1. The summed E-state index contributed by atoms with van der Waals surface area (Å²) in [5, 5.41) is 7.55. The number of nitrogens with two attached hydrogens (primary N) is 1. The van der Waals surface area contributed by atoms with Gasteiger partial charge in [-0.25, -0.2) is 0 Å². The molecule has 0 unspecified atom stereocenters. The Morgan fingerprint density at radius 2 is 1.88 bits per heavy atom. The van der Waals surface area contributed by atoms with Gasteiger partial charge in [-0.15, -0.1) is 0 Å². The van der Waals surface area contributed by atoms with Gasteiger partial charge in [0.15, 0.2) is 5.69 Å². The van der Waals surface area contributed by atoms with Crippen molar-refractivity contribution in [1.29, 1.82) is 0 Å². The van der Waals surface area contributed by atoms with Gasteiger partial charge in [-0.1, -0.05) is 24.6 Å².